The SMILES string of the molecule is N#Cc1cnc2ccccc2c1OCCOC(=O)C1[C@@H]2[C@H]3CC[C@H](C3)[C@H]12. The number of fused-ring (bicyclic) bond motifs is 6. The van der Waals surface area contributed by atoms with Crippen molar-refractivity contribution < 1.29 is 14.3 Å². The molecule has 2 aromatic rings. The Hall–Kier alpha value is -2.61. The van der Waals surface area contributed by atoms with Gasteiger partial charge in [-0.15, -0.1) is 0 Å². The number of benzene rings is 1. The molecule has 5 rings (SSSR count). The number of carbonyl (C=O) groups is 1. The molecule has 0 aliphatic heterocycles. The molecule has 5 atom stereocenters. The van der Waals surface area contributed by atoms with E-state index in [1.165, 1.54) is 25.5 Å². The Balaban J connectivity index is 1.20. The standard InChI is InChI=1S/C21H20N2O3/c22-10-14-11-23-16-4-2-1-3-15(16)20(14)25-7-8-26-21(24)19-17-12-5-6-13(9-12)18(17)19/h1-4,11-13,17-19H,5-9H2/t12-,13+,17+,18-,19?. The maximum absolute atomic E-state index is 12.3. The van der Waals surface area contributed by atoms with Gasteiger partial charge >= 0.3 is 5.97 Å². The van der Waals surface area contributed by atoms with Gasteiger partial charge in [-0.1, -0.05) is 12.1 Å². The molecule has 2 bridgehead atoms. The molecular formula is C21H20N2O3. The van der Waals surface area contributed by atoms with Crippen LogP contribution in [0.4, 0.5) is 0 Å². The first-order valence-corrected chi connectivity index (χ1v) is 9.35. The molecule has 1 aromatic carbocycles. The summed E-state index contributed by atoms with van der Waals surface area (Å²) in [5, 5.41) is 10.1. The molecule has 0 N–H and O–H groups in total. The van der Waals surface area contributed by atoms with E-state index < -0.39 is 0 Å². The number of nitriles is 1. The first-order valence-electron chi connectivity index (χ1n) is 9.35. The molecule has 5 nitrogen and oxygen atoms in total. The van der Waals surface area contributed by atoms with Gasteiger partial charge in [0.05, 0.1) is 11.4 Å². The lowest BCUT2D eigenvalue weighted by molar-refractivity contribution is -0.147. The van der Waals surface area contributed by atoms with E-state index in [1.807, 2.05) is 24.3 Å². The molecule has 1 heterocycles. The Kier molecular flexibility index (Phi) is 3.59. The number of esters is 1. The second-order valence-corrected chi connectivity index (χ2v) is 7.66. The number of aromatic nitrogens is 1. The van der Waals surface area contributed by atoms with Gasteiger partial charge in [0.1, 0.15) is 30.6 Å². The van der Waals surface area contributed by atoms with Crippen molar-refractivity contribution in [3.05, 3.63) is 36.0 Å². The number of pyridine rings is 1. The van der Waals surface area contributed by atoms with Crippen LogP contribution in [0.5, 0.6) is 5.75 Å². The Labute approximate surface area is 151 Å². The average molecular weight is 348 g/mol. The van der Waals surface area contributed by atoms with Crippen LogP contribution in [0.15, 0.2) is 30.5 Å². The highest BCUT2D eigenvalue weighted by atomic mass is 16.6. The lowest BCUT2D eigenvalue weighted by atomic mass is 10.0. The normalized spacial score (nSPS) is 30.7. The van der Waals surface area contributed by atoms with Gasteiger partial charge in [0, 0.05) is 11.6 Å². The molecule has 0 amide bonds. The van der Waals surface area contributed by atoms with Gasteiger partial charge < -0.3 is 9.47 Å². The number of nitrogens with zero attached hydrogens (tertiary/aromatic N) is 2. The third-order valence-corrected chi connectivity index (χ3v) is 6.43. The minimum Gasteiger partial charge on any atom is -0.488 e. The van der Waals surface area contributed by atoms with Gasteiger partial charge in [-0.3, -0.25) is 9.78 Å². The van der Waals surface area contributed by atoms with E-state index in [2.05, 4.69) is 11.1 Å². The van der Waals surface area contributed by atoms with Crippen LogP contribution in [-0.2, 0) is 9.53 Å². The first kappa shape index (κ1) is 15.6. The van der Waals surface area contributed by atoms with Crippen LogP contribution in [0.3, 0.4) is 0 Å². The zero-order chi connectivity index (χ0) is 17.7. The zero-order valence-corrected chi connectivity index (χ0v) is 14.4. The number of rotatable bonds is 5. The molecule has 1 aromatic heterocycles. The van der Waals surface area contributed by atoms with Crippen LogP contribution >= 0.6 is 0 Å². The molecule has 3 aliphatic carbocycles. The zero-order valence-electron chi connectivity index (χ0n) is 14.4. The van der Waals surface area contributed by atoms with E-state index in [1.54, 1.807) is 0 Å². The summed E-state index contributed by atoms with van der Waals surface area (Å²) in [7, 11) is 0. The third kappa shape index (κ3) is 2.36. The Bertz CT molecular complexity index is 903. The molecule has 5 heteroatoms. The summed E-state index contributed by atoms with van der Waals surface area (Å²) in [6.07, 6.45) is 5.44. The topological polar surface area (TPSA) is 72.2 Å². The molecule has 3 saturated carbocycles. The van der Waals surface area contributed by atoms with Gasteiger partial charge in [0.2, 0.25) is 0 Å². The molecule has 0 saturated heterocycles. The lowest BCUT2D eigenvalue weighted by Crippen LogP contribution is -2.17. The van der Waals surface area contributed by atoms with Gasteiger partial charge in [-0.05, 0) is 55.1 Å². The lowest BCUT2D eigenvalue weighted by Gasteiger charge is -2.12. The largest absolute Gasteiger partial charge is 0.488 e. The number of carbonyl (C=O) groups excluding carboxylic acids is 1. The fraction of sp³-hybridized carbons (Fsp3) is 0.476. The van der Waals surface area contributed by atoms with Gasteiger partial charge in [-0.25, -0.2) is 0 Å². The van der Waals surface area contributed by atoms with Gasteiger partial charge in [-0.2, -0.15) is 5.26 Å². The minimum atomic E-state index is -0.0553. The highest BCUT2D eigenvalue weighted by Gasteiger charge is 2.68. The molecule has 3 aliphatic rings. The molecule has 26 heavy (non-hydrogen) atoms. The first-order chi connectivity index (χ1) is 12.8. The molecule has 3 fully saturated rings. The minimum absolute atomic E-state index is 0.0553. The Morgan fingerprint density at radius 3 is 2.73 bits per heavy atom. The third-order valence-electron chi connectivity index (χ3n) is 6.43. The summed E-state index contributed by atoms with van der Waals surface area (Å²) in [6, 6.07) is 9.66. The predicted octanol–water partition coefficient (Wildman–Crippen LogP) is 3.32. The van der Waals surface area contributed by atoms with Crippen LogP contribution in [0.1, 0.15) is 24.8 Å². The highest BCUT2D eigenvalue weighted by molar-refractivity contribution is 5.87. The fourth-order valence-corrected chi connectivity index (χ4v) is 5.37. The van der Waals surface area contributed by atoms with E-state index in [4.69, 9.17) is 9.47 Å². The summed E-state index contributed by atoms with van der Waals surface area (Å²) in [4.78, 5) is 16.6. The van der Waals surface area contributed by atoms with Crippen LogP contribution < -0.4 is 4.74 Å². The monoisotopic (exact) mass is 348 g/mol. The van der Waals surface area contributed by atoms with Gasteiger partial charge in [0.25, 0.3) is 0 Å². The second kappa shape index (κ2) is 5.98. The highest BCUT2D eigenvalue weighted by Crippen LogP contribution is 2.69. The second-order valence-electron chi connectivity index (χ2n) is 7.66. The van der Waals surface area contributed by atoms with E-state index in [0.29, 0.717) is 23.1 Å². The maximum Gasteiger partial charge on any atom is 0.309 e. The Morgan fingerprint density at radius 1 is 1.19 bits per heavy atom. The van der Waals surface area contributed by atoms with Crippen LogP contribution in [0.25, 0.3) is 10.9 Å². The summed E-state index contributed by atoms with van der Waals surface area (Å²) in [5.74, 6) is 3.31. The summed E-state index contributed by atoms with van der Waals surface area (Å²) < 4.78 is 11.3. The van der Waals surface area contributed by atoms with Crippen LogP contribution in [0.2, 0.25) is 0 Å². The van der Waals surface area contributed by atoms with E-state index >= 15 is 0 Å². The number of hydrogen-bond acceptors (Lipinski definition) is 5. The molecular weight excluding hydrogens is 328 g/mol. The van der Waals surface area contributed by atoms with Crippen molar-refractivity contribution in [2.75, 3.05) is 13.2 Å². The van der Waals surface area contributed by atoms with Crippen molar-refractivity contribution in [1.29, 1.82) is 5.26 Å². The molecule has 0 spiro atoms. The van der Waals surface area contributed by atoms with Crippen LogP contribution in [0, 0.1) is 40.9 Å². The van der Waals surface area contributed by atoms with E-state index in [9.17, 15) is 10.1 Å². The van der Waals surface area contributed by atoms with Crippen molar-refractivity contribution >= 4 is 16.9 Å². The molecule has 132 valence electrons. The van der Waals surface area contributed by atoms with Crippen molar-refractivity contribution in [3.8, 4) is 11.8 Å². The van der Waals surface area contributed by atoms with Crippen molar-refractivity contribution in [1.82, 2.24) is 4.98 Å². The number of para-hydroxylation sites is 1. The molecule has 1 unspecified atom stereocenters. The fourth-order valence-electron chi connectivity index (χ4n) is 5.37. The summed E-state index contributed by atoms with van der Waals surface area (Å²) in [5.41, 5.74) is 1.17. The maximum atomic E-state index is 12.3. The number of hydrogen-bond donors (Lipinski definition) is 0. The van der Waals surface area contributed by atoms with Crippen molar-refractivity contribution in [2.45, 2.75) is 19.3 Å². The smallest absolute Gasteiger partial charge is 0.309 e. The number of ether oxygens (including phenoxy) is 2. The Morgan fingerprint density at radius 2 is 1.96 bits per heavy atom. The summed E-state index contributed by atoms with van der Waals surface area (Å²) in [6.45, 7) is 0.453. The molecule has 0 radical (unpaired) electrons. The van der Waals surface area contributed by atoms with Crippen molar-refractivity contribution in [3.63, 3.8) is 0 Å². The van der Waals surface area contributed by atoms with E-state index in [-0.39, 0.29) is 25.1 Å². The van der Waals surface area contributed by atoms with E-state index in [0.717, 1.165) is 22.7 Å². The predicted molar refractivity (Wildman–Crippen MR) is 94.2 cm³/mol. The quantitative estimate of drug-likeness (QED) is 0.612. The average Bonchev–Trinajstić information content (AvgIpc) is 3.12. The van der Waals surface area contributed by atoms with Crippen LogP contribution in [-0.4, -0.2) is 24.2 Å². The summed E-state index contributed by atoms with van der Waals surface area (Å²) >= 11 is 0. The van der Waals surface area contributed by atoms with Gasteiger partial charge in [0.15, 0.2) is 0 Å². The van der Waals surface area contributed by atoms with Crippen molar-refractivity contribution in [2.24, 2.45) is 29.6 Å².